The van der Waals surface area contributed by atoms with E-state index in [0.29, 0.717) is 6.04 Å². The quantitative estimate of drug-likeness (QED) is 0.733. The third-order valence-corrected chi connectivity index (χ3v) is 3.01. The number of hydrogen-bond acceptors (Lipinski definition) is 5. The van der Waals surface area contributed by atoms with Crippen LogP contribution in [0.3, 0.4) is 0 Å². The van der Waals surface area contributed by atoms with Gasteiger partial charge in [0.1, 0.15) is 10.0 Å². The van der Waals surface area contributed by atoms with Gasteiger partial charge in [-0.1, -0.05) is 0 Å². The topological polar surface area (TPSA) is 49.8 Å². The van der Waals surface area contributed by atoms with Crippen molar-refractivity contribution in [3.63, 3.8) is 0 Å². The molecule has 4 nitrogen and oxygen atoms in total. The molecule has 13 heavy (non-hydrogen) atoms. The van der Waals surface area contributed by atoms with Gasteiger partial charge in [0.25, 0.3) is 0 Å². The van der Waals surface area contributed by atoms with Gasteiger partial charge in [-0.3, -0.25) is 0 Å². The average molecular weight is 198 g/mol. The molecular weight excluding hydrogens is 184 g/mol. The van der Waals surface area contributed by atoms with Crippen LogP contribution in [0.2, 0.25) is 0 Å². The van der Waals surface area contributed by atoms with Gasteiger partial charge in [-0.25, -0.2) is 0 Å². The fourth-order valence-corrected chi connectivity index (χ4v) is 2.13. The van der Waals surface area contributed by atoms with Crippen LogP contribution in [0.4, 0.5) is 0 Å². The van der Waals surface area contributed by atoms with Gasteiger partial charge in [-0.2, -0.15) is 0 Å². The highest BCUT2D eigenvalue weighted by Gasteiger charge is 2.13. The summed E-state index contributed by atoms with van der Waals surface area (Å²) in [5.41, 5.74) is 0. The molecule has 0 spiro atoms. The van der Waals surface area contributed by atoms with Crippen molar-refractivity contribution in [2.45, 2.75) is 25.9 Å². The monoisotopic (exact) mass is 198 g/mol. The Hall–Kier alpha value is -0.520. The van der Waals surface area contributed by atoms with E-state index in [9.17, 15) is 0 Å². The van der Waals surface area contributed by atoms with Crippen molar-refractivity contribution in [1.29, 1.82) is 0 Å². The molecule has 0 saturated carbocycles. The van der Waals surface area contributed by atoms with Gasteiger partial charge >= 0.3 is 0 Å². The Labute approximate surface area is 81.8 Å². The zero-order valence-corrected chi connectivity index (χ0v) is 8.52. The first-order valence-electron chi connectivity index (χ1n) is 4.57. The van der Waals surface area contributed by atoms with E-state index in [0.717, 1.165) is 29.6 Å². The highest BCUT2D eigenvalue weighted by atomic mass is 32.1. The van der Waals surface area contributed by atoms with Gasteiger partial charge in [0, 0.05) is 19.1 Å². The Morgan fingerprint density at radius 2 is 2.54 bits per heavy atom. The van der Waals surface area contributed by atoms with E-state index in [1.54, 1.807) is 11.3 Å². The molecule has 1 saturated heterocycles. The maximum Gasteiger partial charge on any atom is 0.131 e. The summed E-state index contributed by atoms with van der Waals surface area (Å²) >= 11 is 1.67. The van der Waals surface area contributed by atoms with Gasteiger partial charge < -0.3 is 10.6 Å². The van der Waals surface area contributed by atoms with E-state index in [1.807, 2.05) is 6.92 Å². The third kappa shape index (κ3) is 2.46. The summed E-state index contributed by atoms with van der Waals surface area (Å²) in [5.74, 6) is 0. The maximum absolute atomic E-state index is 4.06. The Balaban J connectivity index is 1.78. The molecule has 0 bridgehead atoms. The largest absolute Gasteiger partial charge is 0.315 e. The molecule has 1 unspecified atom stereocenters. The molecule has 1 atom stereocenters. The van der Waals surface area contributed by atoms with Crippen molar-refractivity contribution in [2.75, 3.05) is 13.1 Å². The van der Waals surface area contributed by atoms with Gasteiger partial charge in [0.2, 0.25) is 0 Å². The van der Waals surface area contributed by atoms with E-state index in [4.69, 9.17) is 0 Å². The van der Waals surface area contributed by atoms with E-state index < -0.39 is 0 Å². The predicted molar refractivity (Wildman–Crippen MR) is 52.8 cm³/mol. The summed E-state index contributed by atoms with van der Waals surface area (Å²) in [4.78, 5) is 0. The fourth-order valence-electron chi connectivity index (χ4n) is 1.47. The molecule has 0 amide bonds. The summed E-state index contributed by atoms with van der Waals surface area (Å²) in [5, 5.41) is 16.9. The van der Waals surface area contributed by atoms with Crippen LogP contribution in [0, 0.1) is 6.92 Å². The normalized spacial score (nSPS) is 22.4. The van der Waals surface area contributed by atoms with Gasteiger partial charge in [-0.05, 0) is 19.9 Å². The summed E-state index contributed by atoms with van der Waals surface area (Å²) in [7, 11) is 0. The molecule has 2 rings (SSSR count). The number of aryl methyl sites for hydroxylation is 1. The molecule has 2 N–H and O–H groups in total. The molecule has 1 aromatic rings. The number of hydrogen-bond donors (Lipinski definition) is 2. The fraction of sp³-hybridized carbons (Fsp3) is 0.750. The van der Waals surface area contributed by atoms with Crippen LogP contribution in [0.5, 0.6) is 0 Å². The van der Waals surface area contributed by atoms with Crippen LogP contribution < -0.4 is 10.6 Å². The van der Waals surface area contributed by atoms with E-state index in [-0.39, 0.29) is 0 Å². The van der Waals surface area contributed by atoms with Crippen LogP contribution >= 0.6 is 11.3 Å². The summed E-state index contributed by atoms with van der Waals surface area (Å²) in [6.07, 6.45) is 1.22. The van der Waals surface area contributed by atoms with Crippen molar-refractivity contribution in [2.24, 2.45) is 0 Å². The second-order valence-electron chi connectivity index (χ2n) is 3.29. The summed E-state index contributed by atoms with van der Waals surface area (Å²) in [6.45, 7) is 5.06. The minimum absolute atomic E-state index is 0.615. The van der Waals surface area contributed by atoms with Crippen LogP contribution in [0.1, 0.15) is 16.4 Å². The Morgan fingerprint density at radius 1 is 1.62 bits per heavy atom. The van der Waals surface area contributed by atoms with Gasteiger partial charge in [-0.15, -0.1) is 21.5 Å². The zero-order chi connectivity index (χ0) is 9.10. The first kappa shape index (κ1) is 9.05. The molecule has 1 aliphatic heterocycles. The summed E-state index contributed by atoms with van der Waals surface area (Å²) < 4.78 is 0. The van der Waals surface area contributed by atoms with Crippen LogP contribution in [0.25, 0.3) is 0 Å². The number of rotatable bonds is 3. The Morgan fingerprint density at radius 3 is 3.15 bits per heavy atom. The van der Waals surface area contributed by atoms with Gasteiger partial charge in [0.05, 0.1) is 0 Å². The standard InChI is InChI=1S/C8H14N4S/c1-6-11-12-8(13-6)5-10-7-2-3-9-4-7/h7,9-10H,2-5H2,1H3. The van der Waals surface area contributed by atoms with Crippen LogP contribution in [0.15, 0.2) is 0 Å². The molecule has 5 heteroatoms. The lowest BCUT2D eigenvalue weighted by molar-refractivity contribution is 0.544. The lowest BCUT2D eigenvalue weighted by Gasteiger charge is -2.08. The van der Waals surface area contributed by atoms with Crippen molar-refractivity contribution in [3.05, 3.63) is 10.0 Å². The lowest BCUT2D eigenvalue weighted by atomic mass is 10.3. The van der Waals surface area contributed by atoms with E-state index in [2.05, 4.69) is 20.8 Å². The first-order chi connectivity index (χ1) is 6.34. The first-order valence-corrected chi connectivity index (χ1v) is 5.39. The number of aromatic nitrogens is 2. The van der Waals surface area contributed by atoms with Gasteiger partial charge in [0.15, 0.2) is 0 Å². The SMILES string of the molecule is Cc1nnc(CNC2CCNC2)s1. The predicted octanol–water partition coefficient (Wildman–Crippen LogP) is 0.298. The lowest BCUT2D eigenvalue weighted by Crippen LogP contribution is -2.30. The van der Waals surface area contributed by atoms with Crippen LogP contribution in [-0.4, -0.2) is 29.3 Å². The third-order valence-electron chi connectivity index (χ3n) is 2.17. The Kier molecular flexibility index (Phi) is 2.87. The molecule has 0 aliphatic carbocycles. The second kappa shape index (κ2) is 4.13. The average Bonchev–Trinajstić information content (AvgIpc) is 2.71. The highest BCUT2D eigenvalue weighted by Crippen LogP contribution is 2.08. The van der Waals surface area contributed by atoms with Crippen molar-refractivity contribution >= 4 is 11.3 Å². The second-order valence-corrected chi connectivity index (χ2v) is 4.55. The Bertz CT molecular complexity index is 267. The minimum atomic E-state index is 0.615. The molecule has 2 heterocycles. The van der Waals surface area contributed by atoms with Crippen molar-refractivity contribution in [1.82, 2.24) is 20.8 Å². The molecule has 1 fully saturated rings. The number of nitrogens with one attached hydrogen (secondary N) is 2. The molecular formula is C8H14N4S. The van der Waals surface area contributed by atoms with Crippen molar-refractivity contribution < 1.29 is 0 Å². The maximum atomic E-state index is 4.06. The molecule has 1 aliphatic rings. The smallest absolute Gasteiger partial charge is 0.131 e. The number of nitrogens with zero attached hydrogens (tertiary/aromatic N) is 2. The molecule has 72 valence electrons. The van der Waals surface area contributed by atoms with Crippen LogP contribution in [-0.2, 0) is 6.54 Å². The minimum Gasteiger partial charge on any atom is -0.315 e. The summed E-state index contributed by atoms with van der Waals surface area (Å²) in [6, 6.07) is 0.615. The van der Waals surface area contributed by atoms with Crippen molar-refractivity contribution in [3.8, 4) is 0 Å². The molecule has 1 aromatic heterocycles. The van der Waals surface area contributed by atoms with E-state index in [1.165, 1.54) is 6.42 Å². The highest BCUT2D eigenvalue weighted by molar-refractivity contribution is 7.11. The van der Waals surface area contributed by atoms with E-state index >= 15 is 0 Å². The molecule has 0 aromatic carbocycles. The molecule has 0 radical (unpaired) electrons. The zero-order valence-electron chi connectivity index (χ0n) is 7.71.